The predicted octanol–water partition coefficient (Wildman–Crippen LogP) is 27.2. The Morgan fingerprint density at radius 1 is 0.412 bits per heavy atom. The minimum absolute atomic E-state index is 0. The monoisotopic (exact) mass is 2080 g/mol. The number of hydrogen-bond donors (Lipinski definition) is 6. The number of rotatable bonds is 16. The van der Waals surface area contributed by atoms with Gasteiger partial charge in [-0.15, -0.1) is 105 Å². The van der Waals surface area contributed by atoms with Crippen LogP contribution in [0.2, 0.25) is 0 Å². The van der Waals surface area contributed by atoms with Crippen LogP contribution >= 0.6 is 0 Å². The summed E-state index contributed by atoms with van der Waals surface area (Å²) in [6.45, 7) is 54.9. The molecule has 3 aromatic heterocycles. The molecule has 114 heavy (non-hydrogen) atoms. The van der Waals surface area contributed by atoms with Gasteiger partial charge in [0.05, 0.1) is 52.1 Å². The summed E-state index contributed by atoms with van der Waals surface area (Å²) in [5, 5.41) is 56.6. The number of aryl methyl sites for hydroxylation is 6. The fourth-order valence-electron chi connectivity index (χ4n) is 15.5. The Labute approximate surface area is 729 Å². The van der Waals surface area contributed by atoms with Crippen molar-refractivity contribution in [2.24, 2.45) is 33.5 Å². The zero-order valence-corrected chi connectivity index (χ0v) is 81.3. The number of benzene rings is 6. The van der Waals surface area contributed by atoms with E-state index in [0.29, 0.717) is 30.4 Å². The Balaban J connectivity index is 0.000000377. The fourth-order valence-corrected chi connectivity index (χ4v) is 15.5. The number of hydrogen-bond acceptors (Lipinski definition) is 9. The molecule has 12 heteroatoms. The normalized spacial score (nSPS) is 14.5. The molecule has 3 heterocycles. The molecule has 0 bridgehead atoms. The van der Waals surface area contributed by atoms with Gasteiger partial charge in [-0.1, -0.05) is 220 Å². The molecule has 6 aromatic carbocycles. The number of pyridine rings is 3. The summed E-state index contributed by atoms with van der Waals surface area (Å²) >= 11 is 0. The van der Waals surface area contributed by atoms with Crippen molar-refractivity contribution in [3.63, 3.8) is 0 Å². The molecule has 0 aliphatic heterocycles. The number of aliphatic hydroxyl groups is 6. The van der Waals surface area contributed by atoms with E-state index in [0.717, 1.165) is 99.0 Å². The molecule has 6 N–H and O–H groups in total. The van der Waals surface area contributed by atoms with Crippen LogP contribution in [-0.4, -0.2) is 63.9 Å². The summed E-state index contributed by atoms with van der Waals surface area (Å²) in [6.07, 6.45) is 19.4. The van der Waals surface area contributed by atoms with Crippen molar-refractivity contribution in [2.45, 2.75) is 300 Å². The molecule has 0 saturated heterocycles. The molecule has 3 unspecified atom stereocenters. The predicted molar refractivity (Wildman–Crippen MR) is 473 cm³/mol. The van der Waals surface area contributed by atoms with Gasteiger partial charge in [-0.05, 0) is 241 Å². The maximum Gasteiger partial charge on any atom is 0.0911 e. The van der Waals surface area contributed by atoms with Crippen LogP contribution in [0.15, 0.2) is 145 Å². The summed E-state index contributed by atoms with van der Waals surface area (Å²) < 4.78 is 0. The molecule has 2 saturated carbocycles. The summed E-state index contributed by atoms with van der Waals surface area (Å²) in [5.41, 5.74) is 27.0. The topological polar surface area (TPSA) is 160 Å². The second kappa shape index (κ2) is 46.4. The van der Waals surface area contributed by atoms with E-state index in [2.05, 4.69) is 266 Å². The minimum Gasteiger partial charge on any atom is -0.513 e. The van der Waals surface area contributed by atoms with Gasteiger partial charge >= 0.3 is 0 Å². The molecule has 11 rings (SSSR count). The van der Waals surface area contributed by atoms with E-state index in [1.54, 1.807) is 31.1 Å². The van der Waals surface area contributed by atoms with Gasteiger partial charge in [-0.2, -0.15) is 0 Å². The average Bonchev–Trinajstić information content (AvgIpc) is 1.43. The smallest absolute Gasteiger partial charge is 0.0911 e. The Bertz CT molecular complexity index is 4340. The first-order valence-corrected chi connectivity index (χ1v) is 41.2. The molecule has 9 nitrogen and oxygen atoms in total. The van der Waals surface area contributed by atoms with Crippen molar-refractivity contribution >= 4 is 32.7 Å². The van der Waals surface area contributed by atoms with Gasteiger partial charge in [0, 0.05) is 72.1 Å². The van der Waals surface area contributed by atoms with Crippen LogP contribution in [0.5, 0.6) is 0 Å². The molecule has 3 atom stereocenters. The van der Waals surface area contributed by atoms with Crippen LogP contribution in [-0.2, 0) is 86.0 Å². The molecule has 0 spiro atoms. The Hall–Kier alpha value is -6.00. The average molecular weight is 2080 g/mol. The van der Waals surface area contributed by atoms with E-state index >= 15 is 0 Å². The summed E-state index contributed by atoms with van der Waals surface area (Å²) in [7, 11) is 0. The van der Waals surface area contributed by atoms with Gasteiger partial charge in [-0.3, -0.25) is 15.0 Å². The number of fused-ring (bicyclic) bond motifs is 3. The molecule has 3 radical (unpaired) electrons. The van der Waals surface area contributed by atoms with E-state index in [-0.39, 0.29) is 93.5 Å². The van der Waals surface area contributed by atoms with Crippen LogP contribution in [0.4, 0.5) is 0 Å². The second-order valence-corrected chi connectivity index (χ2v) is 38.1. The van der Waals surface area contributed by atoms with Crippen LogP contribution < -0.4 is 0 Å². The van der Waals surface area contributed by atoms with E-state index in [1.807, 2.05) is 13.8 Å². The van der Waals surface area contributed by atoms with Crippen molar-refractivity contribution in [1.29, 1.82) is 0 Å². The first-order valence-electron chi connectivity index (χ1n) is 41.2. The molecule has 629 valence electrons. The van der Waals surface area contributed by atoms with Gasteiger partial charge in [0.25, 0.3) is 0 Å². The van der Waals surface area contributed by atoms with Crippen LogP contribution in [0.25, 0.3) is 66.5 Å². The largest absolute Gasteiger partial charge is 0.513 e. The van der Waals surface area contributed by atoms with E-state index < -0.39 is 18.3 Å². The first kappa shape index (κ1) is 102. The molecule has 9 aromatic rings. The van der Waals surface area contributed by atoms with Crippen molar-refractivity contribution < 1.29 is 91.0 Å². The first-order chi connectivity index (χ1) is 51.6. The number of aliphatic hydroxyl groups excluding tert-OH is 6. The summed E-state index contributed by atoms with van der Waals surface area (Å²) in [5.74, 6) is 3.03. The number of aromatic nitrogens is 3. The quantitative estimate of drug-likeness (QED) is 0.0409. The molecule has 0 amide bonds. The molecule has 2 fully saturated rings. The van der Waals surface area contributed by atoms with Crippen LogP contribution in [0, 0.1) is 93.2 Å². The van der Waals surface area contributed by atoms with E-state index in [9.17, 15) is 10.2 Å². The molecule has 2 aliphatic rings. The van der Waals surface area contributed by atoms with Crippen molar-refractivity contribution in [3.8, 4) is 33.8 Å². The molecular weight excluding hydrogens is 1940 g/mol. The fraction of sp³-hybridized carbons (Fsp3) is 0.500. The summed E-state index contributed by atoms with van der Waals surface area (Å²) in [4.78, 5) is 15.1. The van der Waals surface area contributed by atoms with Crippen LogP contribution in [0.3, 0.4) is 0 Å². The SMILES string of the molecule is CC(C)CC(O)=CC(O)CC(C)C.CC(O)=CC(C)O.CC(O)=CC(C)O.Cc1[c-]c(-c2ccc3c(C4CCCC4)c(C4CCCC4)ccc3n2)cc(C)c1.Cc1[c-]c(-c2ccc3cc(CC(C)(C)C)c(CC(C)(C)C)cc3n2)cc(C)c1.Cc1[c-]c(-c2ccc3cc(CC(C)(C)C)c(CC(C)(C)C)cc3n2)cc(C)c1.[Ir].[Ir].[Ir]. The maximum atomic E-state index is 9.47. The van der Waals surface area contributed by atoms with Crippen molar-refractivity contribution in [3.05, 3.63) is 230 Å². The number of allylic oxidation sites excluding steroid dienone is 3. The zero-order chi connectivity index (χ0) is 82.6. The third kappa shape index (κ3) is 36.1. The minimum atomic E-state index is -0.537. The van der Waals surface area contributed by atoms with Gasteiger partial charge in [0.1, 0.15) is 0 Å². The maximum absolute atomic E-state index is 9.47. The zero-order valence-electron chi connectivity index (χ0n) is 74.1. The van der Waals surface area contributed by atoms with Gasteiger partial charge in [0.2, 0.25) is 0 Å². The van der Waals surface area contributed by atoms with Gasteiger partial charge in [-0.25, -0.2) is 0 Å². The van der Waals surface area contributed by atoms with Crippen LogP contribution in [0.1, 0.15) is 281 Å². The standard InChI is InChI=1S/C27H30N.2C27H34N.C11H22O2.2C5H10O2.3Ir/c1-18-15-19(2)17-22(16-18)25-13-12-24-26(28-25)14-11-23(20-7-3-4-8-20)27(24)21-9-5-6-10-21;2*1-18-11-19(2)13-21(12-18)24-10-9-20-14-22(16-26(3,4)5)23(15-25(20)28-24)17-27(6,7)8;1-8(2)5-10(12)7-11(13)6-9(3)4;2*1-4(6)3-5(2)7;;;/h11-16,20-21H,3-10H2,1-2H3;2*9-12,14-15H,16-17H2,1-8H3;7-10,12-13H,5-6H2,1-4H3;2*3-4,6-7H,1-2H3;;;/q3*-1;;;;;;. The molecule has 2 aliphatic carbocycles. The van der Waals surface area contributed by atoms with E-state index in [4.69, 9.17) is 35.4 Å². The van der Waals surface area contributed by atoms with Gasteiger partial charge in [0.15, 0.2) is 0 Å². The van der Waals surface area contributed by atoms with Crippen molar-refractivity contribution in [1.82, 2.24) is 15.0 Å². The Morgan fingerprint density at radius 2 is 0.746 bits per heavy atom. The Morgan fingerprint density at radius 3 is 1.05 bits per heavy atom. The second-order valence-electron chi connectivity index (χ2n) is 38.1. The van der Waals surface area contributed by atoms with E-state index in [1.165, 1.54) is 138 Å². The Kier molecular flexibility index (Phi) is 41.6. The summed E-state index contributed by atoms with van der Waals surface area (Å²) in [6, 6.07) is 50.8. The van der Waals surface area contributed by atoms with Crippen molar-refractivity contribution in [2.75, 3.05) is 0 Å². The third-order valence-corrected chi connectivity index (χ3v) is 19.4. The number of nitrogens with zero attached hydrogens (tertiary/aromatic N) is 3. The third-order valence-electron chi connectivity index (χ3n) is 19.4. The molecular formula is C102H140Ir3N3O6-3. The van der Waals surface area contributed by atoms with Gasteiger partial charge < -0.3 is 30.6 Å².